The lowest BCUT2D eigenvalue weighted by Crippen LogP contribution is -2.36. The predicted octanol–water partition coefficient (Wildman–Crippen LogP) is 4.03. The van der Waals surface area contributed by atoms with Crippen molar-refractivity contribution in [3.8, 4) is 5.75 Å². The molecule has 21 heavy (non-hydrogen) atoms. The van der Waals surface area contributed by atoms with Gasteiger partial charge in [-0.3, -0.25) is 4.98 Å². The maximum atomic E-state index is 6.45. The van der Waals surface area contributed by atoms with E-state index in [0.717, 1.165) is 24.8 Å². The Balaban J connectivity index is 2.11. The first-order chi connectivity index (χ1) is 10.1. The van der Waals surface area contributed by atoms with Crippen LogP contribution in [0.1, 0.15) is 52.5 Å². The zero-order chi connectivity index (χ0) is 15.2. The first-order valence-electron chi connectivity index (χ1n) is 8.42. The summed E-state index contributed by atoms with van der Waals surface area (Å²) in [6.45, 7) is 10.9. The van der Waals surface area contributed by atoms with E-state index in [-0.39, 0.29) is 0 Å². The maximum Gasteiger partial charge on any atom is 0.127 e. The fraction of sp³-hybridized carbons (Fsp3) is 0.722. The Morgan fingerprint density at radius 3 is 2.90 bits per heavy atom. The molecule has 1 heterocycles. The number of ether oxygens (including phenoxy) is 1. The molecule has 1 aromatic heterocycles. The lowest BCUT2D eigenvalue weighted by Gasteiger charge is -2.37. The molecule has 1 saturated carbocycles. The topological polar surface area (TPSA) is 34.2 Å². The highest BCUT2D eigenvalue weighted by Gasteiger charge is 2.32. The van der Waals surface area contributed by atoms with Crippen molar-refractivity contribution < 1.29 is 4.74 Å². The number of nitrogens with zero attached hydrogens (tertiary/aromatic N) is 1. The molecule has 1 N–H and O–H groups in total. The van der Waals surface area contributed by atoms with Gasteiger partial charge in [0.1, 0.15) is 11.9 Å². The Morgan fingerprint density at radius 2 is 2.19 bits per heavy atom. The molecule has 1 aliphatic rings. The normalized spacial score (nSPS) is 26.0. The fourth-order valence-corrected chi connectivity index (χ4v) is 3.34. The molecule has 0 radical (unpaired) electrons. The molecule has 0 saturated heterocycles. The van der Waals surface area contributed by atoms with Gasteiger partial charge in [0, 0.05) is 24.5 Å². The average Bonchev–Trinajstić information content (AvgIpc) is 2.46. The molecule has 3 atom stereocenters. The van der Waals surface area contributed by atoms with Gasteiger partial charge in [-0.2, -0.15) is 0 Å². The summed E-state index contributed by atoms with van der Waals surface area (Å²) in [5, 5.41) is 3.36. The lowest BCUT2D eigenvalue weighted by molar-refractivity contribution is 0.0452. The number of hydrogen-bond acceptors (Lipinski definition) is 3. The van der Waals surface area contributed by atoms with Crippen molar-refractivity contribution in [2.75, 3.05) is 6.54 Å². The Labute approximate surface area is 129 Å². The molecule has 0 aliphatic heterocycles. The number of pyridine rings is 1. The molecule has 1 fully saturated rings. The van der Waals surface area contributed by atoms with E-state index in [4.69, 9.17) is 4.74 Å². The second-order valence-corrected chi connectivity index (χ2v) is 6.75. The molecular weight excluding hydrogens is 260 g/mol. The lowest BCUT2D eigenvalue weighted by atomic mass is 9.75. The summed E-state index contributed by atoms with van der Waals surface area (Å²) in [5.41, 5.74) is 1.17. The van der Waals surface area contributed by atoms with Gasteiger partial charge in [0.15, 0.2) is 0 Å². The van der Waals surface area contributed by atoms with Gasteiger partial charge in [0.2, 0.25) is 0 Å². The van der Waals surface area contributed by atoms with Crippen LogP contribution in [-0.4, -0.2) is 17.6 Å². The van der Waals surface area contributed by atoms with E-state index in [1.54, 1.807) is 0 Å². The third-order valence-electron chi connectivity index (χ3n) is 4.66. The van der Waals surface area contributed by atoms with Gasteiger partial charge in [0.25, 0.3) is 0 Å². The van der Waals surface area contributed by atoms with Crippen LogP contribution in [0.25, 0.3) is 0 Å². The van der Waals surface area contributed by atoms with Gasteiger partial charge in [-0.15, -0.1) is 0 Å². The second-order valence-electron chi connectivity index (χ2n) is 6.75. The molecule has 118 valence electrons. The van der Waals surface area contributed by atoms with Gasteiger partial charge in [-0.05, 0) is 43.2 Å². The van der Waals surface area contributed by atoms with Crippen LogP contribution in [0.4, 0.5) is 0 Å². The predicted molar refractivity (Wildman–Crippen MR) is 87.4 cm³/mol. The maximum absolute atomic E-state index is 6.45. The molecule has 2 rings (SSSR count). The molecular formula is C18H30N2O. The first-order valence-corrected chi connectivity index (χ1v) is 8.42. The molecule has 1 aromatic rings. The van der Waals surface area contributed by atoms with Crippen molar-refractivity contribution in [3.05, 3.63) is 24.0 Å². The van der Waals surface area contributed by atoms with Gasteiger partial charge in [-0.1, -0.05) is 34.1 Å². The summed E-state index contributed by atoms with van der Waals surface area (Å²) in [4.78, 5) is 4.24. The molecule has 0 bridgehead atoms. The van der Waals surface area contributed by atoms with Crippen molar-refractivity contribution in [1.29, 1.82) is 0 Å². The molecule has 3 unspecified atom stereocenters. The van der Waals surface area contributed by atoms with Crippen LogP contribution >= 0.6 is 0 Å². The van der Waals surface area contributed by atoms with E-state index < -0.39 is 0 Å². The van der Waals surface area contributed by atoms with E-state index in [2.05, 4.69) is 38.0 Å². The Hall–Kier alpha value is -1.09. The minimum Gasteiger partial charge on any atom is -0.490 e. The number of nitrogens with one attached hydrogen (secondary N) is 1. The highest BCUT2D eigenvalue weighted by molar-refractivity contribution is 5.30. The highest BCUT2D eigenvalue weighted by atomic mass is 16.5. The van der Waals surface area contributed by atoms with Crippen LogP contribution in [0, 0.1) is 17.8 Å². The van der Waals surface area contributed by atoms with Gasteiger partial charge >= 0.3 is 0 Å². The smallest absolute Gasteiger partial charge is 0.127 e. The summed E-state index contributed by atoms with van der Waals surface area (Å²) in [7, 11) is 0. The van der Waals surface area contributed by atoms with Crippen molar-refractivity contribution in [3.63, 3.8) is 0 Å². The third kappa shape index (κ3) is 4.44. The number of rotatable bonds is 6. The van der Waals surface area contributed by atoms with Crippen LogP contribution < -0.4 is 10.1 Å². The first kappa shape index (κ1) is 16.3. The number of aromatic nitrogens is 1. The molecule has 0 aromatic carbocycles. The SMILES string of the molecule is CCNCc1cnccc1OC1CC(C)CCC1C(C)C. The average molecular weight is 290 g/mol. The largest absolute Gasteiger partial charge is 0.490 e. The van der Waals surface area contributed by atoms with Crippen molar-refractivity contribution >= 4 is 0 Å². The summed E-state index contributed by atoms with van der Waals surface area (Å²) in [6.07, 6.45) is 7.90. The minimum absolute atomic E-state index is 0.344. The monoisotopic (exact) mass is 290 g/mol. The quantitative estimate of drug-likeness (QED) is 0.859. The van der Waals surface area contributed by atoms with Gasteiger partial charge in [0.05, 0.1) is 0 Å². The van der Waals surface area contributed by atoms with Gasteiger partial charge in [-0.25, -0.2) is 0 Å². The molecule has 0 spiro atoms. The van der Waals surface area contributed by atoms with E-state index in [0.29, 0.717) is 17.9 Å². The van der Waals surface area contributed by atoms with E-state index in [1.165, 1.54) is 24.8 Å². The third-order valence-corrected chi connectivity index (χ3v) is 4.66. The van der Waals surface area contributed by atoms with E-state index in [9.17, 15) is 0 Å². The fourth-order valence-electron chi connectivity index (χ4n) is 3.34. The zero-order valence-electron chi connectivity index (χ0n) is 13.9. The molecule has 0 amide bonds. The molecule has 3 heteroatoms. The van der Waals surface area contributed by atoms with Crippen LogP contribution in [0.3, 0.4) is 0 Å². The summed E-state index contributed by atoms with van der Waals surface area (Å²) in [5.74, 6) is 3.13. The molecule has 1 aliphatic carbocycles. The van der Waals surface area contributed by atoms with Crippen LogP contribution in [0.5, 0.6) is 5.75 Å². The standard InChI is InChI=1S/C18H30N2O/c1-5-19-11-15-12-20-9-8-17(15)21-18-10-14(4)6-7-16(18)13(2)3/h8-9,12-14,16,18-19H,5-7,10-11H2,1-4H3. The second kappa shape index (κ2) is 7.79. The van der Waals surface area contributed by atoms with Crippen LogP contribution in [0.15, 0.2) is 18.5 Å². The Kier molecular flexibility index (Phi) is 6.04. The Bertz CT molecular complexity index is 433. The summed E-state index contributed by atoms with van der Waals surface area (Å²) >= 11 is 0. The van der Waals surface area contributed by atoms with E-state index in [1.807, 2.05) is 18.5 Å². The van der Waals surface area contributed by atoms with Crippen molar-refractivity contribution in [2.24, 2.45) is 17.8 Å². The van der Waals surface area contributed by atoms with Crippen LogP contribution in [0.2, 0.25) is 0 Å². The van der Waals surface area contributed by atoms with Crippen molar-refractivity contribution in [1.82, 2.24) is 10.3 Å². The minimum atomic E-state index is 0.344. The highest BCUT2D eigenvalue weighted by Crippen LogP contribution is 2.36. The summed E-state index contributed by atoms with van der Waals surface area (Å²) in [6, 6.07) is 2.02. The zero-order valence-corrected chi connectivity index (χ0v) is 13.9. The molecule has 3 nitrogen and oxygen atoms in total. The summed E-state index contributed by atoms with van der Waals surface area (Å²) < 4.78 is 6.45. The van der Waals surface area contributed by atoms with Crippen LogP contribution in [-0.2, 0) is 6.54 Å². The van der Waals surface area contributed by atoms with Crippen molar-refractivity contribution in [2.45, 2.75) is 59.6 Å². The van der Waals surface area contributed by atoms with E-state index >= 15 is 0 Å². The Morgan fingerprint density at radius 1 is 1.38 bits per heavy atom. The van der Waals surface area contributed by atoms with Gasteiger partial charge < -0.3 is 10.1 Å². The number of hydrogen-bond donors (Lipinski definition) is 1.